The van der Waals surface area contributed by atoms with E-state index in [4.69, 9.17) is 26.6 Å². The van der Waals surface area contributed by atoms with Crippen molar-refractivity contribution in [2.45, 2.75) is 0 Å². The minimum atomic E-state index is 0.342. The highest BCUT2D eigenvalue weighted by Crippen LogP contribution is 2.42. The number of aromatic nitrogens is 1. The van der Waals surface area contributed by atoms with Crippen LogP contribution in [-0.2, 0) is 0 Å². The van der Waals surface area contributed by atoms with Gasteiger partial charge < -0.3 is 15.0 Å². The average molecular weight is 307 g/mol. The molecule has 2 heterocycles. The molecule has 0 spiro atoms. The number of nitrogens with zero attached hydrogens (tertiary/aromatic N) is 1. The van der Waals surface area contributed by atoms with Gasteiger partial charge in [0.1, 0.15) is 5.75 Å². The van der Waals surface area contributed by atoms with Crippen LogP contribution in [0.3, 0.4) is 0 Å². The molecule has 0 saturated carbocycles. The maximum Gasteiger partial charge on any atom is 0.188 e. The van der Waals surface area contributed by atoms with E-state index in [0.29, 0.717) is 16.6 Å². The van der Waals surface area contributed by atoms with Crippen LogP contribution in [0.25, 0.3) is 21.8 Å². The molecule has 0 saturated heterocycles. The van der Waals surface area contributed by atoms with Crippen molar-refractivity contribution in [2.24, 2.45) is 0 Å². The van der Waals surface area contributed by atoms with Crippen molar-refractivity contribution >= 4 is 28.8 Å². The van der Waals surface area contributed by atoms with Gasteiger partial charge in [0.05, 0.1) is 22.6 Å². The fraction of sp³-hybridized carbons (Fsp3) is 0.0714. The van der Waals surface area contributed by atoms with Crippen LogP contribution in [0.2, 0.25) is 5.02 Å². The molecule has 0 unspecified atom stereocenters. The monoisotopic (exact) mass is 306 g/mol. The summed E-state index contributed by atoms with van der Waals surface area (Å²) in [6.45, 7) is 0. The van der Waals surface area contributed by atoms with Gasteiger partial charge in [0.2, 0.25) is 0 Å². The molecule has 0 fully saturated rings. The van der Waals surface area contributed by atoms with Crippen molar-refractivity contribution in [3.05, 3.63) is 40.7 Å². The summed E-state index contributed by atoms with van der Waals surface area (Å²) in [5.41, 5.74) is 7.58. The Morgan fingerprint density at radius 3 is 2.60 bits per heavy atom. The molecule has 2 N–H and O–H groups in total. The van der Waals surface area contributed by atoms with Crippen LogP contribution in [0.4, 0.5) is 5.82 Å². The quantitative estimate of drug-likeness (QED) is 0.783. The molecule has 102 valence electrons. The van der Waals surface area contributed by atoms with Crippen LogP contribution in [0.15, 0.2) is 40.2 Å². The third-order valence-electron chi connectivity index (χ3n) is 2.92. The lowest BCUT2D eigenvalue weighted by Gasteiger charge is -2.04. The number of rotatable bonds is 3. The van der Waals surface area contributed by atoms with Crippen LogP contribution < -0.4 is 10.5 Å². The number of thiophene rings is 1. The van der Waals surface area contributed by atoms with Crippen LogP contribution in [0.1, 0.15) is 0 Å². The van der Waals surface area contributed by atoms with Crippen LogP contribution in [0.5, 0.6) is 5.75 Å². The van der Waals surface area contributed by atoms with E-state index in [1.807, 2.05) is 35.7 Å². The van der Waals surface area contributed by atoms with Crippen molar-refractivity contribution in [1.29, 1.82) is 0 Å². The van der Waals surface area contributed by atoms with Crippen LogP contribution in [-0.4, -0.2) is 12.3 Å². The topological polar surface area (TPSA) is 61.3 Å². The summed E-state index contributed by atoms with van der Waals surface area (Å²) in [4.78, 5) is 0.821. The first kappa shape index (κ1) is 13.0. The Morgan fingerprint density at radius 2 is 2.00 bits per heavy atom. The summed E-state index contributed by atoms with van der Waals surface area (Å²) in [6, 6.07) is 9.36. The molecule has 20 heavy (non-hydrogen) atoms. The number of anilines is 1. The molecule has 2 aromatic heterocycles. The van der Waals surface area contributed by atoms with Gasteiger partial charge in [-0.3, -0.25) is 0 Å². The Kier molecular flexibility index (Phi) is 3.38. The lowest BCUT2D eigenvalue weighted by molar-refractivity contribution is 0.415. The number of hydrogen-bond donors (Lipinski definition) is 1. The molecule has 0 bridgehead atoms. The van der Waals surface area contributed by atoms with Gasteiger partial charge in [-0.2, -0.15) is 0 Å². The van der Waals surface area contributed by atoms with E-state index >= 15 is 0 Å². The van der Waals surface area contributed by atoms with E-state index in [1.165, 1.54) is 11.3 Å². The van der Waals surface area contributed by atoms with Gasteiger partial charge in [0.25, 0.3) is 0 Å². The van der Waals surface area contributed by atoms with Crippen molar-refractivity contribution in [3.8, 4) is 27.5 Å². The van der Waals surface area contributed by atoms with E-state index in [2.05, 4.69) is 5.16 Å². The molecule has 0 aliphatic carbocycles. The summed E-state index contributed by atoms with van der Waals surface area (Å²) in [5, 5.41) is 6.38. The standard InChI is InChI=1S/C14H11ClN2O2S/c1-18-9-4-2-8(3-5-9)11-12(19-17-14(11)16)13-10(15)6-7-20-13/h2-7H,1H3,(H2,16,17). The number of nitrogen functional groups attached to an aromatic ring is 1. The van der Waals surface area contributed by atoms with Gasteiger partial charge >= 0.3 is 0 Å². The second-order valence-corrected chi connectivity index (χ2v) is 5.42. The predicted octanol–water partition coefficient (Wildman–Crippen LogP) is 4.31. The van der Waals surface area contributed by atoms with E-state index in [0.717, 1.165) is 21.8 Å². The lowest BCUT2D eigenvalue weighted by atomic mass is 10.0. The summed E-state index contributed by atoms with van der Waals surface area (Å²) < 4.78 is 10.5. The zero-order chi connectivity index (χ0) is 14.1. The third-order valence-corrected chi connectivity index (χ3v) is 4.26. The van der Waals surface area contributed by atoms with Crippen molar-refractivity contribution in [2.75, 3.05) is 12.8 Å². The first-order valence-electron chi connectivity index (χ1n) is 5.83. The van der Waals surface area contributed by atoms with E-state index < -0.39 is 0 Å². The van der Waals surface area contributed by atoms with Crippen molar-refractivity contribution in [1.82, 2.24) is 5.16 Å². The fourth-order valence-corrected chi connectivity index (χ4v) is 3.07. The first-order chi connectivity index (χ1) is 9.70. The minimum absolute atomic E-state index is 0.342. The molecular formula is C14H11ClN2O2S. The second-order valence-electron chi connectivity index (χ2n) is 4.10. The van der Waals surface area contributed by atoms with Gasteiger partial charge in [0, 0.05) is 0 Å². The molecular weight excluding hydrogens is 296 g/mol. The summed E-state index contributed by atoms with van der Waals surface area (Å²) in [6.07, 6.45) is 0. The predicted molar refractivity (Wildman–Crippen MR) is 81.2 cm³/mol. The van der Waals surface area contributed by atoms with Gasteiger partial charge in [0.15, 0.2) is 11.6 Å². The maximum absolute atomic E-state index is 6.15. The van der Waals surface area contributed by atoms with Crippen LogP contribution >= 0.6 is 22.9 Å². The summed E-state index contributed by atoms with van der Waals surface area (Å²) in [7, 11) is 1.62. The Hall–Kier alpha value is -1.98. The SMILES string of the molecule is COc1ccc(-c2c(N)noc2-c2sccc2Cl)cc1. The molecule has 3 aromatic rings. The van der Waals surface area contributed by atoms with E-state index in [-0.39, 0.29) is 0 Å². The fourth-order valence-electron chi connectivity index (χ4n) is 1.95. The van der Waals surface area contributed by atoms with E-state index in [9.17, 15) is 0 Å². The lowest BCUT2D eigenvalue weighted by Crippen LogP contribution is -1.89. The number of benzene rings is 1. The molecule has 0 aliphatic heterocycles. The van der Waals surface area contributed by atoms with Crippen molar-refractivity contribution in [3.63, 3.8) is 0 Å². The molecule has 0 aliphatic rings. The number of nitrogens with two attached hydrogens (primary N) is 1. The van der Waals surface area contributed by atoms with Crippen LogP contribution in [0, 0.1) is 0 Å². The number of ether oxygens (including phenoxy) is 1. The van der Waals surface area contributed by atoms with Gasteiger partial charge in [-0.1, -0.05) is 28.9 Å². The second kappa shape index (κ2) is 5.19. The Labute approximate surface area is 124 Å². The molecule has 0 atom stereocenters. The molecule has 4 nitrogen and oxygen atoms in total. The highest BCUT2D eigenvalue weighted by atomic mass is 35.5. The van der Waals surface area contributed by atoms with Crippen molar-refractivity contribution < 1.29 is 9.26 Å². The molecule has 1 aromatic carbocycles. The molecule has 0 radical (unpaired) electrons. The Balaban J connectivity index is 2.13. The molecule has 3 rings (SSSR count). The minimum Gasteiger partial charge on any atom is -0.497 e. The number of hydrogen-bond acceptors (Lipinski definition) is 5. The summed E-state index contributed by atoms with van der Waals surface area (Å²) in [5.74, 6) is 1.71. The average Bonchev–Trinajstić information content (AvgIpc) is 3.05. The third kappa shape index (κ3) is 2.15. The van der Waals surface area contributed by atoms with Gasteiger partial charge in [-0.05, 0) is 29.1 Å². The molecule has 6 heteroatoms. The van der Waals surface area contributed by atoms with E-state index in [1.54, 1.807) is 7.11 Å². The smallest absolute Gasteiger partial charge is 0.188 e. The molecule has 0 amide bonds. The number of methoxy groups -OCH3 is 1. The zero-order valence-corrected chi connectivity index (χ0v) is 12.2. The normalized spacial score (nSPS) is 10.7. The highest BCUT2D eigenvalue weighted by Gasteiger charge is 2.20. The summed E-state index contributed by atoms with van der Waals surface area (Å²) >= 11 is 7.64. The Morgan fingerprint density at radius 1 is 1.25 bits per heavy atom. The highest BCUT2D eigenvalue weighted by molar-refractivity contribution is 7.14. The Bertz CT molecular complexity index is 734. The first-order valence-corrected chi connectivity index (χ1v) is 7.09. The largest absolute Gasteiger partial charge is 0.497 e. The maximum atomic E-state index is 6.15. The van der Waals surface area contributed by atoms with Gasteiger partial charge in [-0.15, -0.1) is 11.3 Å². The number of halogens is 1. The zero-order valence-electron chi connectivity index (χ0n) is 10.6. The van der Waals surface area contributed by atoms with Gasteiger partial charge in [-0.25, -0.2) is 0 Å².